The van der Waals surface area contributed by atoms with E-state index in [1.165, 1.54) is 5.56 Å². The van der Waals surface area contributed by atoms with Crippen molar-refractivity contribution in [2.45, 2.75) is 32.8 Å². The first-order valence-corrected chi connectivity index (χ1v) is 9.29. The summed E-state index contributed by atoms with van der Waals surface area (Å²) in [7, 11) is 0. The van der Waals surface area contributed by atoms with Gasteiger partial charge in [-0.3, -0.25) is 0 Å². The summed E-state index contributed by atoms with van der Waals surface area (Å²) in [6, 6.07) is 16.2. The van der Waals surface area contributed by atoms with Gasteiger partial charge in [0.05, 0.1) is 6.10 Å². The molecule has 3 nitrogen and oxygen atoms in total. The second kappa shape index (κ2) is 9.64. The minimum atomic E-state index is 0.198. The molecule has 2 aromatic carbocycles. The van der Waals surface area contributed by atoms with Crippen LogP contribution in [0.3, 0.4) is 0 Å². The predicted octanol–water partition coefficient (Wildman–Crippen LogP) is 5.16. The van der Waals surface area contributed by atoms with Crippen molar-refractivity contribution in [3.8, 4) is 5.75 Å². The average molecular weight is 407 g/mol. The van der Waals surface area contributed by atoms with E-state index >= 15 is 0 Å². The number of thiocarbonyl (C=S) groups is 1. The zero-order valence-electron chi connectivity index (χ0n) is 14.0. The van der Waals surface area contributed by atoms with Crippen LogP contribution >= 0.6 is 28.1 Å². The molecule has 0 atom stereocenters. The third-order valence-corrected chi connectivity index (χ3v) is 4.08. The Morgan fingerprint density at radius 3 is 2.62 bits per heavy atom. The number of rotatable bonds is 7. The summed E-state index contributed by atoms with van der Waals surface area (Å²) in [5.74, 6) is 0.933. The van der Waals surface area contributed by atoms with Crippen LogP contribution in [0.5, 0.6) is 5.75 Å². The SMILES string of the molecule is CC(C)Oc1cccc(CCCNC(=S)Nc2ccc(Br)cc2)c1. The summed E-state index contributed by atoms with van der Waals surface area (Å²) in [4.78, 5) is 0. The molecule has 0 saturated carbocycles. The molecule has 2 N–H and O–H groups in total. The monoisotopic (exact) mass is 406 g/mol. The molecular weight excluding hydrogens is 384 g/mol. The van der Waals surface area contributed by atoms with Crippen LogP contribution < -0.4 is 15.4 Å². The molecule has 0 aliphatic carbocycles. The second-order valence-electron chi connectivity index (χ2n) is 5.81. The molecule has 0 spiro atoms. The van der Waals surface area contributed by atoms with Gasteiger partial charge in [0.2, 0.25) is 0 Å². The number of halogens is 1. The molecule has 128 valence electrons. The Kier molecular flexibility index (Phi) is 7.53. The maximum Gasteiger partial charge on any atom is 0.170 e. The first-order chi connectivity index (χ1) is 11.5. The maximum atomic E-state index is 5.72. The fourth-order valence-electron chi connectivity index (χ4n) is 2.25. The number of hydrogen-bond donors (Lipinski definition) is 2. The Hall–Kier alpha value is -1.59. The van der Waals surface area contributed by atoms with Crippen LogP contribution in [0.25, 0.3) is 0 Å². The molecule has 24 heavy (non-hydrogen) atoms. The van der Waals surface area contributed by atoms with Crippen molar-refractivity contribution in [2.24, 2.45) is 0 Å². The van der Waals surface area contributed by atoms with Gasteiger partial charge in [-0.2, -0.15) is 0 Å². The van der Waals surface area contributed by atoms with E-state index < -0.39 is 0 Å². The number of hydrogen-bond acceptors (Lipinski definition) is 2. The summed E-state index contributed by atoms with van der Waals surface area (Å²) in [6.45, 7) is 4.91. The largest absolute Gasteiger partial charge is 0.491 e. The summed E-state index contributed by atoms with van der Waals surface area (Å²) < 4.78 is 6.78. The molecule has 0 unspecified atom stereocenters. The van der Waals surface area contributed by atoms with Crippen LogP contribution in [0.1, 0.15) is 25.8 Å². The molecule has 0 aromatic heterocycles. The van der Waals surface area contributed by atoms with Gasteiger partial charge >= 0.3 is 0 Å². The Bertz CT molecular complexity index is 659. The van der Waals surface area contributed by atoms with Gasteiger partial charge in [0.1, 0.15) is 5.75 Å². The van der Waals surface area contributed by atoms with Gasteiger partial charge in [0, 0.05) is 16.7 Å². The molecule has 0 aliphatic heterocycles. The minimum Gasteiger partial charge on any atom is -0.491 e. The van der Waals surface area contributed by atoms with Crippen molar-refractivity contribution < 1.29 is 4.74 Å². The van der Waals surface area contributed by atoms with E-state index in [0.717, 1.165) is 35.3 Å². The molecule has 0 aliphatic rings. The van der Waals surface area contributed by atoms with E-state index in [2.05, 4.69) is 38.7 Å². The van der Waals surface area contributed by atoms with Crippen LogP contribution in [-0.2, 0) is 6.42 Å². The van der Waals surface area contributed by atoms with Gasteiger partial charge in [-0.05, 0) is 80.9 Å². The Morgan fingerprint density at radius 2 is 1.92 bits per heavy atom. The lowest BCUT2D eigenvalue weighted by molar-refractivity contribution is 0.242. The van der Waals surface area contributed by atoms with E-state index in [-0.39, 0.29) is 6.10 Å². The lowest BCUT2D eigenvalue weighted by Gasteiger charge is -2.12. The minimum absolute atomic E-state index is 0.198. The molecule has 2 rings (SSSR count). The lowest BCUT2D eigenvalue weighted by atomic mass is 10.1. The van der Waals surface area contributed by atoms with Gasteiger partial charge in [0.15, 0.2) is 5.11 Å². The van der Waals surface area contributed by atoms with Crippen molar-refractivity contribution in [3.05, 3.63) is 58.6 Å². The molecule has 0 saturated heterocycles. The van der Waals surface area contributed by atoms with E-state index in [1.54, 1.807) is 0 Å². The molecule has 0 radical (unpaired) electrons. The van der Waals surface area contributed by atoms with Crippen molar-refractivity contribution in [1.82, 2.24) is 5.32 Å². The molecule has 5 heteroatoms. The number of benzene rings is 2. The van der Waals surface area contributed by atoms with Crippen molar-refractivity contribution in [1.29, 1.82) is 0 Å². The summed E-state index contributed by atoms with van der Waals surface area (Å²) in [5.41, 5.74) is 2.26. The molecular formula is C19H23BrN2OS. The molecule has 0 fully saturated rings. The summed E-state index contributed by atoms with van der Waals surface area (Å²) >= 11 is 8.73. The number of anilines is 1. The highest BCUT2D eigenvalue weighted by Crippen LogP contribution is 2.16. The van der Waals surface area contributed by atoms with Crippen LogP contribution in [0.2, 0.25) is 0 Å². The Balaban J connectivity index is 1.70. The first kappa shape index (κ1) is 18.7. The number of ether oxygens (including phenoxy) is 1. The van der Waals surface area contributed by atoms with Crippen molar-refractivity contribution in [3.63, 3.8) is 0 Å². The molecule has 0 bridgehead atoms. The predicted molar refractivity (Wildman–Crippen MR) is 109 cm³/mol. The van der Waals surface area contributed by atoms with E-state index in [9.17, 15) is 0 Å². The van der Waals surface area contributed by atoms with Gasteiger partial charge in [-0.1, -0.05) is 28.1 Å². The fraction of sp³-hybridized carbons (Fsp3) is 0.316. The fourth-order valence-corrected chi connectivity index (χ4v) is 2.73. The van der Waals surface area contributed by atoms with E-state index in [1.807, 2.05) is 50.2 Å². The Morgan fingerprint density at radius 1 is 1.17 bits per heavy atom. The summed E-state index contributed by atoms with van der Waals surface area (Å²) in [5, 5.41) is 7.07. The van der Waals surface area contributed by atoms with Crippen LogP contribution in [0, 0.1) is 0 Å². The first-order valence-electron chi connectivity index (χ1n) is 8.09. The van der Waals surface area contributed by atoms with Crippen molar-refractivity contribution >= 4 is 38.9 Å². The van der Waals surface area contributed by atoms with Gasteiger partial charge in [-0.15, -0.1) is 0 Å². The number of aryl methyl sites for hydroxylation is 1. The quantitative estimate of drug-likeness (QED) is 0.491. The van der Waals surface area contributed by atoms with Gasteiger partial charge in [-0.25, -0.2) is 0 Å². The third kappa shape index (κ3) is 6.89. The average Bonchev–Trinajstić information content (AvgIpc) is 2.53. The highest BCUT2D eigenvalue weighted by atomic mass is 79.9. The van der Waals surface area contributed by atoms with Crippen LogP contribution in [-0.4, -0.2) is 17.8 Å². The Labute approximate surface area is 157 Å². The lowest BCUT2D eigenvalue weighted by Crippen LogP contribution is -2.29. The molecule has 2 aromatic rings. The topological polar surface area (TPSA) is 33.3 Å². The van der Waals surface area contributed by atoms with Crippen LogP contribution in [0.4, 0.5) is 5.69 Å². The normalized spacial score (nSPS) is 10.5. The highest BCUT2D eigenvalue weighted by Gasteiger charge is 2.01. The molecule has 0 heterocycles. The molecule has 0 amide bonds. The van der Waals surface area contributed by atoms with Crippen molar-refractivity contribution in [2.75, 3.05) is 11.9 Å². The second-order valence-corrected chi connectivity index (χ2v) is 7.13. The summed E-state index contributed by atoms with van der Waals surface area (Å²) in [6.07, 6.45) is 2.19. The van der Waals surface area contributed by atoms with E-state index in [0.29, 0.717) is 5.11 Å². The zero-order valence-corrected chi connectivity index (χ0v) is 16.4. The highest BCUT2D eigenvalue weighted by molar-refractivity contribution is 9.10. The number of nitrogens with one attached hydrogen (secondary N) is 2. The van der Waals surface area contributed by atoms with Gasteiger partial charge < -0.3 is 15.4 Å². The van der Waals surface area contributed by atoms with E-state index in [4.69, 9.17) is 17.0 Å². The van der Waals surface area contributed by atoms with Crippen LogP contribution in [0.15, 0.2) is 53.0 Å². The maximum absolute atomic E-state index is 5.72. The zero-order chi connectivity index (χ0) is 17.4. The third-order valence-electron chi connectivity index (χ3n) is 3.30. The van der Waals surface area contributed by atoms with Gasteiger partial charge in [0.25, 0.3) is 0 Å². The standard InChI is InChI=1S/C19H23BrN2OS/c1-14(2)23-18-7-3-5-15(13-18)6-4-12-21-19(24)22-17-10-8-16(20)9-11-17/h3,5,7-11,13-14H,4,6,12H2,1-2H3,(H2,21,22,24). The smallest absolute Gasteiger partial charge is 0.170 e.